The van der Waals surface area contributed by atoms with Crippen molar-refractivity contribution >= 4 is 27.3 Å². The molecule has 0 unspecified atom stereocenters. The van der Waals surface area contributed by atoms with Crippen LogP contribution in [0.25, 0.3) is 0 Å². The molecule has 7 nitrogen and oxygen atoms in total. The van der Waals surface area contributed by atoms with Gasteiger partial charge in [0, 0.05) is 19.3 Å². The van der Waals surface area contributed by atoms with Crippen LogP contribution in [0.15, 0.2) is 11.1 Å². The average Bonchev–Trinajstić information content (AvgIpc) is 2.70. The highest BCUT2D eigenvalue weighted by Crippen LogP contribution is 2.20. The van der Waals surface area contributed by atoms with E-state index in [0.29, 0.717) is 29.8 Å². The summed E-state index contributed by atoms with van der Waals surface area (Å²) in [5.74, 6) is 0.858. The summed E-state index contributed by atoms with van der Waals surface area (Å²) in [6.07, 6.45) is 3.23. The highest BCUT2D eigenvalue weighted by molar-refractivity contribution is 7.90. The van der Waals surface area contributed by atoms with Crippen molar-refractivity contribution in [2.24, 2.45) is 0 Å². The van der Waals surface area contributed by atoms with Gasteiger partial charge in [0.25, 0.3) is 0 Å². The molecular formula is C14H20ClN5O2S. The molecule has 0 amide bonds. The Kier molecular flexibility index (Phi) is 5.26. The number of hydrogen-bond acceptors (Lipinski definition) is 6. The highest BCUT2D eigenvalue weighted by atomic mass is 35.5. The normalized spacial score (nSPS) is 11.7. The number of anilines is 1. The molecule has 0 bridgehead atoms. The lowest BCUT2D eigenvalue weighted by Crippen LogP contribution is -2.13. The predicted octanol–water partition coefficient (Wildman–Crippen LogP) is 2.16. The van der Waals surface area contributed by atoms with Crippen molar-refractivity contribution in [1.29, 1.82) is 0 Å². The number of halogens is 1. The maximum absolute atomic E-state index is 11.8. The van der Waals surface area contributed by atoms with Gasteiger partial charge in [-0.3, -0.25) is 4.68 Å². The van der Waals surface area contributed by atoms with Gasteiger partial charge in [-0.1, -0.05) is 11.6 Å². The molecule has 0 saturated heterocycles. The molecule has 0 saturated carbocycles. The molecular weight excluding hydrogens is 338 g/mol. The Hall–Kier alpha value is -1.67. The molecule has 2 heterocycles. The largest absolute Gasteiger partial charge is 0.369 e. The molecule has 0 aliphatic carbocycles. The zero-order valence-corrected chi connectivity index (χ0v) is 15.2. The number of sulfone groups is 1. The zero-order valence-electron chi connectivity index (χ0n) is 13.6. The lowest BCUT2D eigenvalue weighted by atomic mass is 10.3. The summed E-state index contributed by atoms with van der Waals surface area (Å²) in [6.45, 7) is 6.76. The first-order valence-corrected chi connectivity index (χ1v) is 9.44. The van der Waals surface area contributed by atoms with Gasteiger partial charge in [-0.2, -0.15) is 5.10 Å². The van der Waals surface area contributed by atoms with Gasteiger partial charge >= 0.3 is 0 Å². The van der Waals surface area contributed by atoms with Crippen LogP contribution in [0, 0.1) is 20.8 Å². The number of nitrogens with zero attached hydrogens (tertiary/aromatic N) is 4. The molecule has 2 aromatic heterocycles. The summed E-state index contributed by atoms with van der Waals surface area (Å²) in [5, 5.41) is 8.11. The first-order chi connectivity index (χ1) is 10.7. The second kappa shape index (κ2) is 6.84. The molecule has 2 rings (SSSR count). The van der Waals surface area contributed by atoms with E-state index in [1.165, 1.54) is 6.20 Å². The monoisotopic (exact) mass is 357 g/mol. The fraction of sp³-hybridized carbons (Fsp3) is 0.500. The maximum Gasteiger partial charge on any atom is 0.180 e. The molecule has 0 fully saturated rings. The standard InChI is InChI=1S/C14H20ClN5O2S/c1-9-13(15)10(2)20(19-9)7-5-6-16-14-12(23(4,21)22)8-17-11(3)18-14/h8H,5-7H2,1-4H3,(H,16,17,18). The molecule has 0 atom stereocenters. The van der Waals surface area contributed by atoms with E-state index < -0.39 is 9.84 Å². The first kappa shape index (κ1) is 17.7. The topological polar surface area (TPSA) is 89.8 Å². The van der Waals surface area contributed by atoms with Crippen molar-refractivity contribution in [1.82, 2.24) is 19.7 Å². The van der Waals surface area contributed by atoms with Crippen molar-refractivity contribution in [2.75, 3.05) is 18.1 Å². The van der Waals surface area contributed by atoms with Crippen LogP contribution < -0.4 is 5.32 Å². The Labute approximate surface area is 141 Å². The fourth-order valence-electron chi connectivity index (χ4n) is 2.19. The van der Waals surface area contributed by atoms with Crippen molar-refractivity contribution in [3.05, 3.63) is 28.4 Å². The van der Waals surface area contributed by atoms with E-state index in [9.17, 15) is 8.42 Å². The third kappa shape index (κ3) is 4.20. The summed E-state index contributed by atoms with van der Waals surface area (Å²) in [6, 6.07) is 0. The van der Waals surface area contributed by atoms with Crippen LogP contribution in [0.4, 0.5) is 5.82 Å². The molecule has 1 N–H and O–H groups in total. The van der Waals surface area contributed by atoms with Crippen molar-refractivity contribution in [3.63, 3.8) is 0 Å². The highest BCUT2D eigenvalue weighted by Gasteiger charge is 2.15. The number of aryl methyl sites for hydroxylation is 3. The Morgan fingerprint density at radius 2 is 2.00 bits per heavy atom. The fourth-order valence-corrected chi connectivity index (χ4v) is 3.03. The van der Waals surface area contributed by atoms with Gasteiger partial charge in [0.05, 0.1) is 22.6 Å². The first-order valence-electron chi connectivity index (χ1n) is 7.17. The second-order valence-electron chi connectivity index (χ2n) is 5.39. The van der Waals surface area contributed by atoms with E-state index in [4.69, 9.17) is 11.6 Å². The van der Waals surface area contributed by atoms with E-state index in [1.54, 1.807) is 6.92 Å². The predicted molar refractivity (Wildman–Crippen MR) is 89.7 cm³/mol. The van der Waals surface area contributed by atoms with Gasteiger partial charge in [-0.05, 0) is 27.2 Å². The van der Waals surface area contributed by atoms with Crippen molar-refractivity contribution in [3.8, 4) is 0 Å². The van der Waals surface area contributed by atoms with Crippen LogP contribution in [0.1, 0.15) is 23.6 Å². The molecule has 9 heteroatoms. The smallest absolute Gasteiger partial charge is 0.180 e. The Balaban J connectivity index is 2.02. The second-order valence-corrected chi connectivity index (χ2v) is 7.75. The SMILES string of the molecule is Cc1ncc(S(C)(=O)=O)c(NCCCn2nc(C)c(Cl)c2C)n1. The third-order valence-electron chi connectivity index (χ3n) is 3.41. The molecule has 0 radical (unpaired) electrons. The summed E-state index contributed by atoms with van der Waals surface area (Å²) >= 11 is 6.11. The maximum atomic E-state index is 11.8. The van der Waals surface area contributed by atoms with Crippen LogP contribution in [0.5, 0.6) is 0 Å². The lowest BCUT2D eigenvalue weighted by Gasteiger charge is -2.10. The van der Waals surface area contributed by atoms with Crippen LogP contribution in [-0.4, -0.2) is 41.0 Å². The van der Waals surface area contributed by atoms with Crippen molar-refractivity contribution in [2.45, 2.75) is 38.6 Å². The summed E-state index contributed by atoms with van der Waals surface area (Å²) < 4.78 is 25.4. The number of rotatable bonds is 6. The van der Waals surface area contributed by atoms with Crippen LogP contribution in [0.2, 0.25) is 5.02 Å². The van der Waals surface area contributed by atoms with Gasteiger partial charge in [-0.15, -0.1) is 0 Å². The third-order valence-corrected chi connectivity index (χ3v) is 5.05. The van der Waals surface area contributed by atoms with E-state index in [-0.39, 0.29) is 4.90 Å². The van der Waals surface area contributed by atoms with E-state index in [2.05, 4.69) is 20.4 Å². The van der Waals surface area contributed by atoms with Gasteiger partial charge in [0.1, 0.15) is 16.5 Å². The van der Waals surface area contributed by atoms with E-state index >= 15 is 0 Å². The molecule has 0 aliphatic heterocycles. The average molecular weight is 358 g/mol. The van der Waals surface area contributed by atoms with Crippen LogP contribution >= 0.6 is 11.6 Å². The Bertz CT molecular complexity index is 817. The molecule has 0 spiro atoms. The van der Waals surface area contributed by atoms with E-state index in [0.717, 1.165) is 24.1 Å². The lowest BCUT2D eigenvalue weighted by molar-refractivity contribution is 0.572. The number of hydrogen-bond donors (Lipinski definition) is 1. The van der Waals surface area contributed by atoms with Gasteiger partial charge < -0.3 is 5.32 Å². The van der Waals surface area contributed by atoms with Crippen molar-refractivity contribution < 1.29 is 8.42 Å². The minimum absolute atomic E-state index is 0.109. The summed E-state index contributed by atoms with van der Waals surface area (Å²) in [5.41, 5.74) is 1.74. The zero-order chi connectivity index (χ0) is 17.2. The molecule has 23 heavy (non-hydrogen) atoms. The Morgan fingerprint density at radius 1 is 1.30 bits per heavy atom. The minimum atomic E-state index is -3.37. The number of nitrogens with one attached hydrogen (secondary N) is 1. The molecule has 126 valence electrons. The van der Waals surface area contributed by atoms with Crippen LogP contribution in [0.3, 0.4) is 0 Å². The quantitative estimate of drug-likeness (QED) is 0.797. The summed E-state index contributed by atoms with van der Waals surface area (Å²) in [4.78, 5) is 8.23. The Morgan fingerprint density at radius 3 is 2.57 bits per heavy atom. The minimum Gasteiger partial charge on any atom is -0.369 e. The van der Waals surface area contributed by atoms with Gasteiger partial charge in [-0.25, -0.2) is 18.4 Å². The van der Waals surface area contributed by atoms with Crippen LogP contribution in [-0.2, 0) is 16.4 Å². The molecule has 2 aromatic rings. The number of aromatic nitrogens is 4. The molecule has 0 aromatic carbocycles. The van der Waals surface area contributed by atoms with E-state index in [1.807, 2.05) is 18.5 Å². The van der Waals surface area contributed by atoms with Gasteiger partial charge in [0.2, 0.25) is 0 Å². The molecule has 0 aliphatic rings. The summed E-state index contributed by atoms with van der Waals surface area (Å²) in [7, 11) is -3.37. The van der Waals surface area contributed by atoms with Gasteiger partial charge in [0.15, 0.2) is 9.84 Å².